The van der Waals surface area contributed by atoms with Gasteiger partial charge in [-0.2, -0.15) is 0 Å². The fourth-order valence-corrected chi connectivity index (χ4v) is 2.47. The first kappa shape index (κ1) is 11.0. The first-order valence-electron chi connectivity index (χ1n) is 5.92. The summed E-state index contributed by atoms with van der Waals surface area (Å²) in [6.07, 6.45) is 9.75. The van der Waals surface area contributed by atoms with Crippen molar-refractivity contribution in [2.24, 2.45) is 5.92 Å². The molecule has 1 N–H and O–H groups in total. The highest BCUT2D eigenvalue weighted by Gasteiger charge is 2.27. The van der Waals surface area contributed by atoms with Crippen molar-refractivity contribution in [3.63, 3.8) is 0 Å². The summed E-state index contributed by atoms with van der Waals surface area (Å²) in [5.41, 5.74) is -0.359. The Morgan fingerprint density at radius 3 is 2.08 bits per heavy atom. The summed E-state index contributed by atoms with van der Waals surface area (Å²) in [4.78, 5) is 0. The molecule has 0 heterocycles. The molecule has 0 spiro atoms. The maximum atomic E-state index is 10.2. The minimum atomic E-state index is -0.359. The summed E-state index contributed by atoms with van der Waals surface area (Å²) in [6, 6.07) is 0. The predicted molar refractivity (Wildman–Crippen MR) is 56.7 cm³/mol. The van der Waals surface area contributed by atoms with Gasteiger partial charge in [0.15, 0.2) is 0 Å². The second-order valence-electron chi connectivity index (χ2n) is 4.64. The molecule has 0 aromatic carbocycles. The standard InChI is InChI=1S/C12H24O/c1-3-12(13,4-2)10-11-8-6-5-7-9-11/h11,13H,3-10H2,1-2H3. The Bertz CT molecular complexity index is 132. The molecule has 0 aromatic rings. The van der Waals surface area contributed by atoms with Crippen LogP contribution in [0.25, 0.3) is 0 Å². The van der Waals surface area contributed by atoms with E-state index in [4.69, 9.17) is 0 Å². The molecular weight excluding hydrogens is 160 g/mol. The van der Waals surface area contributed by atoms with Crippen LogP contribution in [0.4, 0.5) is 0 Å². The van der Waals surface area contributed by atoms with Crippen molar-refractivity contribution in [3.05, 3.63) is 0 Å². The molecule has 0 atom stereocenters. The maximum absolute atomic E-state index is 10.2. The summed E-state index contributed by atoms with van der Waals surface area (Å²) in [5.74, 6) is 0.804. The summed E-state index contributed by atoms with van der Waals surface area (Å²) in [5, 5.41) is 10.2. The van der Waals surface area contributed by atoms with Crippen LogP contribution < -0.4 is 0 Å². The average Bonchev–Trinajstić information content (AvgIpc) is 2.19. The van der Waals surface area contributed by atoms with Crippen molar-refractivity contribution < 1.29 is 5.11 Å². The highest BCUT2D eigenvalue weighted by Crippen LogP contribution is 2.33. The zero-order chi connectivity index (χ0) is 9.73. The van der Waals surface area contributed by atoms with Crippen LogP contribution in [0, 0.1) is 5.92 Å². The topological polar surface area (TPSA) is 20.2 Å². The Labute approximate surface area is 82.5 Å². The minimum Gasteiger partial charge on any atom is -0.390 e. The largest absolute Gasteiger partial charge is 0.390 e. The number of hydrogen-bond acceptors (Lipinski definition) is 1. The van der Waals surface area contributed by atoms with Crippen molar-refractivity contribution in [2.75, 3.05) is 0 Å². The van der Waals surface area contributed by atoms with E-state index >= 15 is 0 Å². The van der Waals surface area contributed by atoms with Gasteiger partial charge < -0.3 is 5.11 Å². The van der Waals surface area contributed by atoms with E-state index in [2.05, 4.69) is 13.8 Å². The van der Waals surface area contributed by atoms with Gasteiger partial charge in [-0.3, -0.25) is 0 Å². The number of aliphatic hydroxyl groups is 1. The quantitative estimate of drug-likeness (QED) is 0.709. The van der Waals surface area contributed by atoms with Crippen LogP contribution >= 0.6 is 0 Å². The van der Waals surface area contributed by atoms with Crippen LogP contribution in [0.15, 0.2) is 0 Å². The third kappa shape index (κ3) is 3.30. The Morgan fingerprint density at radius 2 is 1.62 bits per heavy atom. The zero-order valence-corrected chi connectivity index (χ0v) is 9.18. The van der Waals surface area contributed by atoms with Crippen molar-refractivity contribution in [1.82, 2.24) is 0 Å². The van der Waals surface area contributed by atoms with Crippen molar-refractivity contribution in [2.45, 2.75) is 70.8 Å². The molecule has 0 radical (unpaired) electrons. The lowest BCUT2D eigenvalue weighted by molar-refractivity contribution is 0.00281. The molecule has 78 valence electrons. The van der Waals surface area contributed by atoms with Crippen LogP contribution in [0.3, 0.4) is 0 Å². The van der Waals surface area contributed by atoms with Gasteiger partial charge in [0.25, 0.3) is 0 Å². The monoisotopic (exact) mass is 184 g/mol. The number of hydrogen-bond donors (Lipinski definition) is 1. The molecule has 1 saturated carbocycles. The van der Waals surface area contributed by atoms with Gasteiger partial charge in [-0.1, -0.05) is 46.0 Å². The SMILES string of the molecule is CCC(O)(CC)CC1CCCCC1. The molecule has 1 fully saturated rings. The molecule has 1 aliphatic carbocycles. The smallest absolute Gasteiger partial charge is 0.0645 e. The van der Waals surface area contributed by atoms with Crippen LogP contribution in [0.1, 0.15) is 65.2 Å². The molecule has 1 rings (SSSR count). The van der Waals surface area contributed by atoms with Gasteiger partial charge in [0, 0.05) is 0 Å². The molecule has 13 heavy (non-hydrogen) atoms. The zero-order valence-electron chi connectivity index (χ0n) is 9.18. The van der Waals surface area contributed by atoms with E-state index < -0.39 is 0 Å². The molecule has 0 aromatic heterocycles. The Hall–Kier alpha value is -0.0400. The Kier molecular flexibility index (Phi) is 4.24. The molecule has 0 bridgehead atoms. The second-order valence-corrected chi connectivity index (χ2v) is 4.64. The first-order valence-corrected chi connectivity index (χ1v) is 5.92. The third-order valence-corrected chi connectivity index (χ3v) is 3.71. The Morgan fingerprint density at radius 1 is 1.08 bits per heavy atom. The van der Waals surface area contributed by atoms with Gasteiger partial charge in [0.05, 0.1) is 5.60 Å². The first-order chi connectivity index (χ1) is 6.20. The van der Waals surface area contributed by atoms with Gasteiger partial charge in [-0.05, 0) is 25.2 Å². The molecule has 1 aliphatic rings. The van der Waals surface area contributed by atoms with Gasteiger partial charge in [0.2, 0.25) is 0 Å². The fraction of sp³-hybridized carbons (Fsp3) is 1.00. The highest BCUT2D eigenvalue weighted by molar-refractivity contribution is 4.80. The van der Waals surface area contributed by atoms with Crippen molar-refractivity contribution >= 4 is 0 Å². The normalized spacial score (nSPS) is 20.5. The molecule has 0 unspecified atom stereocenters. The van der Waals surface area contributed by atoms with Crippen LogP contribution in [-0.4, -0.2) is 10.7 Å². The van der Waals surface area contributed by atoms with E-state index in [-0.39, 0.29) is 5.60 Å². The lowest BCUT2D eigenvalue weighted by atomic mass is 9.79. The molecule has 0 aliphatic heterocycles. The van der Waals surface area contributed by atoms with Gasteiger partial charge in [-0.15, -0.1) is 0 Å². The maximum Gasteiger partial charge on any atom is 0.0645 e. The van der Waals surface area contributed by atoms with E-state index in [1.807, 2.05) is 0 Å². The molecule has 1 nitrogen and oxygen atoms in total. The Balaban J connectivity index is 2.35. The highest BCUT2D eigenvalue weighted by atomic mass is 16.3. The van der Waals surface area contributed by atoms with Crippen LogP contribution in [0.5, 0.6) is 0 Å². The van der Waals surface area contributed by atoms with E-state index in [0.717, 1.165) is 25.2 Å². The van der Waals surface area contributed by atoms with Gasteiger partial charge in [0.1, 0.15) is 0 Å². The average molecular weight is 184 g/mol. The summed E-state index contributed by atoms with van der Waals surface area (Å²) < 4.78 is 0. The van der Waals surface area contributed by atoms with Crippen LogP contribution in [0.2, 0.25) is 0 Å². The minimum absolute atomic E-state index is 0.359. The summed E-state index contributed by atoms with van der Waals surface area (Å²) >= 11 is 0. The van der Waals surface area contributed by atoms with Crippen molar-refractivity contribution in [1.29, 1.82) is 0 Å². The lowest BCUT2D eigenvalue weighted by Crippen LogP contribution is -2.30. The van der Waals surface area contributed by atoms with E-state index in [1.165, 1.54) is 32.1 Å². The molecule has 0 amide bonds. The van der Waals surface area contributed by atoms with Gasteiger partial charge >= 0.3 is 0 Å². The van der Waals surface area contributed by atoms with E-state index in [9.17, 15) is 5.11 Å². The predicted octanol–water partition coefficient (Wildman–Crippen LogP) is 3.51. The number of rotatable bonds is 4. The fourth-order valence-electron chi connectivity index (χ4n) is 2.47. The third-order valence-electron chi connectivity index (χ3n) is 3.71. The van der Waals surface area contributed by atoms with Gasteiger partial charge in [-0.25, -0.2) is 0 Å². The second kappa shape index (κ2) is 4.99. The molecule has 1 heteroatoms. The molecular formula is C12H24O. The lowest BCUT2D eigenvalue weighted by Gasteiger charge is -2.32. The van der Waals surface area contributed by atoms with E-state index in [1.54, 1.807) is 0 Å². The summed E-state index contributed by atoms with van der Waals surface area (Å²) in [7, 11) is 0. The summed E-state index contributed by atoms with van der Waals surface area (Å²) in [6.45, 7) is 4.21. The molecule has 0 saturated heterocycles. The van der Waals surface area contributed by atoms with Crippen molar-refractivity contribution in [3.8, 4) is 0 Å². The van der Waals surface area contributed by atoms with Crippen LogP contribution in [-0.2, 0) is 0 Å². The van der Waals surface area contributed by atoms with E-state index in [0.29, 0.717) is 0 Å².